The summed E-state index contributed by atoms with van der Waals surface area (Å²) in [5.41, 5.74) is 6.74. The van der Waals surface area contributed by atoms with Crippen molar-refractivity contribution >= 4 is 28.9 Å². The summed E-state index contributed by atoms with van der Waals surface area (Å²) in [7, 11) is 0. The Bertz CT molecular complexity index is 475. The minimum atomic E-state index is -0.519. The van der Waals surface area contributed by atoms with Crippen LogP contribution in [-0.2, 0) is 14.3 Å². The van der Waals surface area contributed by atoms with Crippen LogP contribution in [0.3, 0.4) is 0 Å². The highest BCUT2D eigenvalue weighted by molar-refractivity contribution is 6.33. The third-order valence-corrected chi connectivity index (χ3v) is 3.54. The average molecular weight is 299 g/mol. The topological polar surface area (TPSA) is 73.6 Å². The Morgan fingerprint density at radius 1 is 1.50 bits per heavy atom. The molecule has 1 aromatic carbocycles. The number of hydrogen-bond donors (Lipinski definition) is 2. The SMILES string of the molecule is CC(OC1CCOCC1)C(=O)Nc1ccc(Cl)c(N)c1. The van der Waals surface area contributed by atoms with Gasteiger partial charge < -0.3 is 20.5 Å². The first-order chi connectivity index (χ1) is 9.56. The highest BCUT2D eigenvalue weighted by Gasteiger charge is 2.21. The molecular formula is C14H19ClN2O3. The van der Waals surface area contributed by atoms with Crippen LogP contribution in [-0.4, -0.2) is 31.3 Å². The van der Waals surface area contributed by atoms with Crippen LogP contribution in [0.25, 0.3) is 0 Å². The zero-order chi connectivity index (χ0) is 14.5. The van der Waals surface area contributed by atoms with E-state index in [-0.39, 0.29) is 12.0 Å². The molecule has 0 aliphatic carbocycles. The molecule has 1 amide bonds. The lowest BCUT2D eigenvalue weighted by atomic mass is 10.1. The van der Waals surface area contributed by atoms with Crippen LogP contribution in [0.2, 0.25) is 5.02 Å². The minimum absolute atomic E-state index is 0.0831. The number of amides is 1. The van der Waals surface area contributed by atoms with E-state index in [4.69, 9.17) is 26.8 Å². The van der Waals surface area contributed by atoms with E-state index >= 15 is 0 Å². The van der Waals surface area contributed by atoms with Gasteiger partial charge in [0.2, 0.25) is 0 Å². The molecule has 0 radical (unpaired) electrons. The summed E-state index contributed by atoms with van der Waals surface area (Å²) < 4.78 is 11.0. The second-order valence-electron chi connectivity index (χ2n) is 4.82. The van der Waals surface area contributed by atoms with E-state index in [1.54, 1.807) is 25.1 Å². The summed E-state index contributed by atoms with van der Waals surface area (Å²) in [5.74, 6) is -0.196. The van der Waals surface area contributed by atoms with Crippen LogP contribution in [0.4, 0.5) is 11.4 Å². The Balaban J connectivity index is 1.88. The maximum absolute atomic E-state index is 12.0. The van der Waals surface area contributed by atoms with E-state index in [2.05, 4.69) is 5.32 Å². The van der Waals surface area contributed by atoms with Crippen molar-refractivity contribution in [2.75, 3.05) is 24.3 Å². The fraction of sp³-hybridized carbons (Fsp3) is 0.500. The molecule has 6 heteroatoms. The van der Waals surface area contributed by atoms with Gasteiger partial charge in [0, 0.05) is 18.9 Å². The number of rotatable bonds is 4. The molecule has 1 aliphatic rings. The van der Waals surface area contributed by atoms with Gasteiger partial charge in [-0.25, -0.2) is 0 Å². The van der Waals surface area contributed by atoms with E-state index < -0.39 is 6.10 Å². The van der Waals surface area contributed by atoms with E-state index in [1.165, 1.54) is 0 Å². The molecular weight excluding hydrogens is 280 g/mol. The molecule has 2 rings (SSSR count). The monoisotopic (exact) mass is 298 g/mol. The van der Waals surface area contributed by atoms with Gasteiger partial charge in [0.25, 0.3) is 5.91 Å². The Kier molecular flexibility index (Phi) is 5.23. The fourth-order valence-electron chi connectivity index (χ4n) is 2.03. The molecule has 20 heavy (non-hydrogen) atoms. The first-order valence-corrected chi connectivity index (χ1v) is 7.03. The smallest absolute Gasteiger partial charge is 0.253 e. The van der Waals surface area contributed by atoms with Crippen LogP contribution in [0, 0.1) is 0 Å². The number of carbonyl (C=O) groups is 1. The van der Waals surface area contributed by atoms with Crippen molar-refractivity contribution in [3.8, 4) is 0 Å². The Hall–Kier alpha value is -1.30. The van der Waals surface area contributed by atoms with Crippen molar-refractivity contribution in [3.63, 3.8) is 0 Å². The van der Waals surface area contributed by atoms with Gasteiger partial charge >= 0.3 is 0 Å². The number of anilines is 2. The normalized spacial score (nSPS) is 17.7. The number of carbonyl (C=O) groups excluding carboxylic acids is 1. The molecule has 3 N–H and O–H groups in total. The summed E-state index contributed by atoms with van der Waals surface area (Å²) in [6.45, 7) is 3.11. The van der Waals surface area contributed by atoms with Crippen LogP contribution in [0.5, 0.6) is 0 Å². The van der Waals surface area contributed by atoms with E-state index in [9.17, 15) is 4.79 Å². The van der Waals surface area contributed by atoms with Crippen molar-refractivity contribution in [3.05, 3.63) is 23.2 Å². The molecule has 1 fully saturated rings. The zero-order valence-corrected chi connectivity index (χ0v) is 12.2. The molecule has 110 valence electrons. The maximum atomic E-state index is 12.0. The second-order valence-corrected chi connectivity index (χ2v) is 5.22. The number of nitrogen functional groups attached to an aromatic ring is 1. The van der Waals surface area contributed by atoms with Gasteiger partial charge in [-0.15, -0.1) is 0 Å². The first-order valence-electron chi connectivity index (χ1n) is 6.65. The molecule has 0 bridgehead atoms. The number of ether oxygens (including phenoxy) is 2. The summed E-state index contributed by atoms with van der Waals surface area (Å²) in [4.78, 5) is 12.0. The van der Waals surface area contributed by atoms with Gasteiger partial charge in [-0.05, 0) is 38.0 Å². The molecule has 1 aromatic rings. The summed E-state index contributed by atoms with van der Waals surface area (Å²) in [6, 6.07) is 4.98. The summed E-state index contributed by atoms with van der Waals surface area (Å²) in [6.07, 6.45) is 1.21. The van der Waals surface area contributed by atoms with Crippen LogP contribution < -0.4 is 11.1 Å². The fourth-order valence-corrected chi connectivity index (χ4v) is 2.15. The van der Waals surface area contributed by atoms with E-state index in [1.807, 2.05) is 0 Å². The molecule has 1 atom stereocenters. The average Bonchev–Trinajstić information content (AvgIpc) is 2.44. The molecule has 1 saturated heterocycles. The Morgan fingerprint density at radius 3 is 2.85 bits per heavy atom. The van der Waals surface area contributed by atoms with Crippen LogP contribution in [0.15, 0.2) is 18.2 Å². The molecule has 1 heterocycles. The quantitative estimate of drug-likeness (QED) is 0.837. The van der Waals surface area contributed by atoms with Crippen molar-refractivity contribution in [1.82, 2.24) is 0 Å². The molecule has 1 unspecified atom stereocenters. The van der Waals surface area contributed by atoms with Crippen molar-refractivity contribution in [2.45, 2.75) is 32.0 Å². The van der Waals surface area contributed by atoms with Crippen LogP contribution >= 0.6 is 11.6 Å². The second kappa shape index (κ2) is 6.92. The Morgan fingerprint density at radius 2 is 2.20 bits per heavy atom. The highest BCUT2D eigenvalue weighted by atomic mass is 35.5. The predicted octanol–water partition coefficient (Wildman–Crippen LogP) is 2.44. The minimum Gasteiger partial charge on any atom is -0.397 e. The maximum Gasteiger partial charge on any atom is 0.253 e. The molecule has 0 spiro atoms. The number of halogens is 1. The van der Waals surface area contributed by atoms with Crippen LogP contribution in [0.1, 0.15) is 19.8 Å². The summed E-state index contributed by atoms with van der Waals surface area (Å²) >= 11 is 5.83. The lowest BCUT2D eigenvalue weighted by molar-refractivity contribution is -0.133. The lowest BCUT2D eigenvalue weighted by Crippen LogP contribution is -2.34. The number of nitrogens with two attached hydrogens (primary N) is 1. The first kappa shape index (κ1) is 15.1. The number of nitrogens with one attached hydrogen (secondary N) is 1. The zero-order valence-electron chi connectivity index (χ0n) is 11.4. The lowest BCUT2D eigenvalue weighted by Gasteiger charge is -2.25. The van der Waals surface area contributed by atoms with Gasteiger partial charge in [-0.1, -0.05) is 11.6 Å². The molecule has 5 nitrogen and oxygen atoms in total. The van der Waals surface area contributed by atoms with Crippen molar-refractivity contribution in [2.24, 2.45) is 0 Å². The van der Waals surface area contributed by atoms with Gasteiger partial charge in [0.1, 0.15) is 6.10 Å². The van der Waals surface area contributed by atoms with Gasteiger partial charge in [0.15, 0.2) is 0 Å². The predicted molar refractivity (Wildman–Crippen MR) is 78.9 cm³/mol. The third kappa shape index (κ3) is 4.10. The standard InChI is InChI=1S/C14H19ClN2O3/c1-9(20-11-4-6-19-7-5-11)14(18)17-10-2-3-12(15)13(16)8-10/h2-3,8-9,11H,4-7,16H2,1H3,(H,17,18). The van der Waals surface area contributed by atoms with E-state index in [0.29, 0.717) is 29.6 Å². The molecule has 0 aromatic heterocycles. The third-order valence-electron chi connectivity index (χ3n) is 3.20. The van der Waals surface area contributed by atoms with Gasteiger partial charge in [0.05, 0.1) is 16.8 Å². The van der Waals surface area contributed by atoms with Crippen molar-refractivity contribution in [1.29, 1.82) is 0 Å². The Labute approximate surface area is 123 Å². The number of hydrogen-bond acceptors (Lipinski definition) is 4. The molecule has 1 aliphatic heterocycles. The summed E-state index contributed by atoms with van der Waals surface area (Å²) in [5, 5.41) is 3.23. The van der Waals surface area contributed by atoms with Gasteiger partial charge in [-0.3, -0.25) is 4.79 Å². The van der Waals surface area contributed by atoms with Gasteiger partial charge in [-0.2, -0.15) is 0 Å². The highest BCUT2D eigenvalue weighted by Crippen LogP contribution is 2.22. The largest absolute Gasteiger partial charge is 0.397 e. The number of benzene rings is 1. The van der Waals surface area contributed by atoms with Crippen molar-refractivity contribution < 1.29 is 14.3 Å². The van der Waals surface area contributed by atoms with E-state index in [0.717, 1.165) is 12.8 Å². The molecule has 0 saturated carbocycles.